The van der Waals surface area contributed by atoms with Crippen LogP contribution >= 0.6 is 0 Å². The van der Waals surface area contributed by atoms with Crippen LogP contribution in [0.1, 0.15) is 36.1 Å². The highest BCUT2D eigenvalue weighted by Gasteiger charge is 2.28. The van der Waals surface area contributed by atoms with Crippen molar-refractivity contribution in [1.29, 1.82) is 0 Å². The Bertz CT molecular complexity index is 885. The van der Waals surface area contributed by atoms with E-state index in [9.17, 15) is 0 Å². The van der Waals surface area contributed by atoms with Gasteiger partial charge in [-0.2, -0.15) is 0 Å². The van der Waals surface area contributed by atoms with Crippen LogP contribution < -0.4 is 21.3 Å². The van der Waals surface area contributed by atoms with Gasteiger partial charge in [0, 0.05) is 63.1 Å². The van der Waals surface area contributed by atoms with Gasteiger partial charge in [0.1, 0.15) is 6.79 Å². The number of hydrogen-bond acceptors (Lipinski definition) is 8. The predicted octanol–water partition coefficient (Wildman–Crippen LogP) is 3.85. The molecule has 4 rings (SSSR count). The SMILES string of the molecule is CCN1CN(C)Cc2cc3c(c(C)c21)N(CC)CN(C)C3.COCOC.Cc1c(N)cccc1N. The summed E-state index contributed by atoms with van der Waals surface area (Å²) in [4.78, 5) is 9.84. The summed E-state index contributed by atoms with van der Waals surface area (Å²) in [7, 11) is 7.60. The maximum absolute atomic E-state index is 5.54. The first-order valence-corrected chi connectivity index (χ1v) is 12.3. The molecular formula is C27H46N6O2. The summed E-state index contributed by atoms with van der Waals surface area (Å²) < 4.78 is 8.94. The lowest BCUT2D eigenvalue weighted by Crippen LogP contribution is -2.43. The number of anilines is 4. The number of methoxy groups -OCH3 is 2. The average molecular weight is 487 g/mol. The molecule has 0 aromatic heterocycles. The van der Waals surface area contributed by atoms with E-state index in [1.165, 1.54) is 28.1 Å². The zero-order chi connectivity index (χ0) is 26.1. The second-order valence-corrected chi connectivity index (χ2v) is 9.30. The summed E-state index contributed by atoms with van der Waals surface area (Å²) in [6.07, 6.45) is 0. The van der Waals surface area contributed by atoms with Gasteiger partial charge in [-0.1, -0.05) is 6.07 Å². The van der Waals surface area contributed by atoms with Crippen molar-refractivity contribution >= 4 is 22.7 Å². The van der Waals surface area contributed by atoms with Gasteiger partial charge in [0.15, 0.2) is 0 Å². The standard InChI is InChI=1S/C17H28N4.C7H10N2.C3H8O2/c1-6-20-11-18(4)9-14-8-15-10-19(5)12-21(7-2)17(15)13(3)16(14)20;1-5-6(8)3-2-4-7(5)9;1-4-3-5-2/h8H,6-7,9-12H2,1-5H3;2-4H,8-9H2,1H3;3H2,1-2H3. The smallest absolute Gasteiger partial charge is 0.145 e. The lowest BCUT2D eigenvalue weighted by molar-refractivity contribution is -0.00272. The Labute approximate surface area is 212 Å². The number of nitrogen functional groups attached to an aromatic ring is 2. The van der Waals surface area contributed by atoms with Crippen LogP contribution in [-0.4, -0.2) is 71.3 Å². The van der Waals surface area contributed by atoms with Crippen molar-refractivity contribution in [3.8, 4) is 0 Å². The largest absolute Gasteiger partial charge is 0.398 e. The predicted molar refractivity (Wildman–Crippen MR) is 149 cm³/mol. The maximum atomic E-state index is 5.54. The summed E-state index contributed by atoms with van der Waals surface area (Å²) in [5, 5.41) is 0. The fourth-order valence-electron chi connectivity index (χ4n) is 4.77. The monoisotopic (exact) mass is 486 g/mol. The molecule has 8 heteroatoms. The highest BCUT2D eigenvalue weighted by Crippen LogP contribution is 2.40. The van der Waals surface area contributed by atoms with Gasteiger partial charge in [0.05, 0.1) is 13.3 Å². The zero-order valence-corrected chi connectivity index (χ0v) is 23.0. The molecule has 4 N–H and O–H groups in total. The summed E-state index contributed by atoms with van der Waals surface area (Å²) in [5.41, 5.74) is 21.0. The molecule has 0 amide bonds. The molecule has 2 aliphatic rings. The number of rotatable bonds is 4. The zero-order valence-electron chi connectivity index (χ0n) is 23.0. The number of benzene rings is 2. The maximum Gasteiger partial charge on any atom is 0.145 e. The van der Waals surface area contributed by atoms with Crippen LogP contribution in [0.2, 0.25) is 0 Å². The van der Waals surface area contributed by atoms with Gasteiger partial charge in [-0.15, -0.1) is 0 Å². The molecule has 0 radical (unpaired) electrons. The minimum atomic E-state index is 0.389. The van der Waals surface area contributed by atoms with Crippen molar-refractivity contribution < 1.29 is 9.47 Å². The first-order chi connectivity index (χ1) is 16.7. The van der Waals surface area contributed by atoms with Gasteiger partial charge in [0.25, 0.3) is 0 Å². The highest BCUT2D eigenvalue weighted by molar-refractivity contribution is 5.75. The van der Waals surface area contributed by atoms with E-state index >= 15 is 0 Å². The molecule has 0 bridgehead atoms. The summed E-state index contributed by atoms with van der Waals surface area (Å²) >= 11 is 0. The van der Waals surface area contributed by atoms with Crippen LogP contribution in [0.4, 0.5) is 22.7 Å². The molecule has 2 aromatic carbocycles. The Kier molecular flexibility index (Phi) is 11.1. The van der Waals surface area contributed by atoms with Crippen LogP contribution in [0, 0.1) is 13.8 Å². The Morgan fingerprint density at radius 2 is 1.20 bits per heavy atom. The van der Waals surface area contributed by atoms with Crippen molar-refractivity contribution in [1.82, 2.24) is 9.80 Å². The van der Waals surface area contributed by atoms with Gasteiger partial charge < -0.3 is 30.7 Å². The molecule has 0 aliphatic carbocycles. The third kappa shape index (κ3) is 7.24. The number of ether oxygens (including phenoxy) is 2. The van der Waals surface area contributed by atoms with E-state index in [-0.39, 0.29) is 0 Å². The minimum absolute atomic E-state index is 0.389. The van der Waals surface area contributed by atoms with Crippen LogP contribution in [0.15, 0.2) is 24.3 Å². The van der Waals surface area contributed by atoms with Gasteiger partial charge in [-0.3, -0.25) is 9.80 Å². The van der Waals surface area contributed by atoms with Crippen LogP contribution in [0.5, 0.6) is 0 Å². The molecule has 2 aromatic rings. The summed E-state index contributed by atoms with van der Waals surface area (Å²) in [5.74, 6) is 0. The van der Waals surface area contributed by atoms with E-state index in [2.05, 4.69) is 70.0 Å². The van der Waals surface area contributed by atoms with Crippen molar-refractivity contribution in [3.05, 3.63) is 46.5 Å². The van der Waals surface area contributed by atoms with E-state index in [1.807, 2.05) is 25.1 Å². The van der Waals surface area contributed by atoms with E-state index in [4.69, 9.17) is 11.5 Å². The van der Waals surface area contributed by atoms with Crippen molar-refractivity contribution in [3.63, 3.8) is 0 Å². The molecule has 0 saturated heterocycles. The van der Waals surface area contributed by atoms with E-state index < -0.39 is 0 Å². The van der Waals surface area contributed by atoms with E-state index in [1.54, 1.807) is 14.2 Å². The van der Waals surface area contributed by atoms with Crippen LogP contribution in [-0.2, 0) is 22.6 Å². The number of fused-ring (bicyclic) bond motifs is 2. The Hall–Kier alpha value is -2.52. The normalized spacial score (nSPS) is 15.4. The van der Waals surface area contributed by atoms with E-state index in [0.717, 1.165) is 56.5 Å². The molecule has 0 fully saturated rings. The average Bonchev–Trinajstić information content (AvgIpc) is 2.82. The molecular weight excluding hydrogens is 440 g/mol. The molecule has 196 valence electrons. The number of hydrogen-bond donors (Lipinski definition) is 2. The Balaban J connectivity index is 0.000000255. The number of nitrogens with zero attached hydrogens (tertiary/aromatic N) is 4. The van der Waals surface area contributed by atoms with Gasteiger partial charge in [-0.25, -0.2) is 0 Å². The van der Waals surface area contributed by atoms with Gasteiger partial charge in [0.2, 0.25) is 0 Å². The summed E-state index contributed by atoms with van der Waals surface area (Å²) in [6.45, 7) is 15.5. The quantitative estimate of drug-likeness (QED) is 0.498. The van der Waals surface area contributed by atoms with Crippen LogP contribution in [0.3, 0.4) is 0 Å². The first-order valence-electron chi connectivity index (χ1n) is 12.3. The topological polar surface area (TPSA) is 83.5 Å². The highest BCUT2D eigenvalue weighted by atomic mass is 16.6. The fourth-order valence-corrected chi connectivity index (χ4v) is 4.77. The second-order valence-electron chi connectivity index (χ2n) is 9.30. The molecule has 8 nitrogen and oxygen atoms in total. The van der Waals surface area contributed by atoms with Gasteiger partial charge in [-0.05, 0) is 82.2 Å². The molecule has 0 spiro atoms. The van der Waals surface area contributed by atoms with Crippen LogP contribution in [0.25, 0.3) is 0 Å². The number of nitrogens with two attached hydrogens (primary N) is 2. The molecule has 2 heterocycles. The lowest BCUT2D eigenvalue weighted by atomic mass is 9.95. The van der Waals surface area contributed by atoms with Gasteiger partial charge >= 0.3 is 0 Å². The van der Waals surface area contributed by atoms with Crippen molar-refractivity contribution in [2.24, 2.45) is 0 Å². The summed E-state index contributed by atoms with van der Waals surface area (Å²) in [6, 6.07) is 7.98. The molecule has 35 heavy (non-hydrogen) atoms. The molecule has 0 saturated carbocycles. The lowest BCUT2D eigenvalue weighted by Gasteiger charge is -2.42. The van der Waals surface area contributed by atoms with Crippen molar-refractivity contribution in [2.75, 3.05) is 82.8 Å². The van der Waals surface area contributed by atoms with Crippen molar-refractivity contribution in [2.45, 2.75) is 40.8 Å². The van der Waals surface area contributed by atoms with E-state index in [0.29, 0.717) is 6.79 Å². The Morgan fingerprint density at radius 3 is 1.51 bits per heavy atom. The first kappa shape index (κ1) is 28.7. The Morgan fingerprint density at radius 1 is 0.771 bits per heavy atom. The fraction of sp³-hybridized carbons (Fsp3) is 0.556. The molecule has 0 atom stereocenters. The third-order valence-corrected chi connectivity index (χ3v) is 6.42. The third-order valence-electron chi connectivity index (χ3n) is 6.42. The second kappa shape index (κ2) is 13.5. The minimum Gasteiger partial charge on any atom is -0.398 e. The molecule has 0 unspecified atom stereocenters. The molecule has 2 aliphatic heterocycles.